The maximum absolute atomic E-state index is 4.52. The van der Waals surface area contributed by atoms with Gasteiger partial charge < -0.3 is 0 Å². The Morgan fingerprint density at radius 3 is 2.38 bits per heavy atom. The first-order valence-electron chi connectivity index (χ1n) is 4.77. The van der Waals surface area contributed by atoms with Gasteiger partial charge in [0.2, 0.25) is 0 Å². The maximum Gasteiger partial charge on any atom is 0.0628 e. The number of nitrogens with zero attached hydrogens (tertiary/aromatic N) is 1. The highest BCUT2D eigenvalue weighted by Gasteiger charge is 1.96. The molecule has 0 heterocycles. The fourth-order valence-electron chi connectivity index (χ4n) is 1.36. The van der Waals surface area contributed by atoms with Crippen LogP contribution in [0.1, 0.15) is 27.2 Å². The molecule has 0 bridgehead atoms. The number of rotatable bonds is 3. The van der Waals surface area contributed by atoms with Crippen LogP contribution in [0.4, 0.5) is 5.69 Å². The van der Waals surface area contributed by atoms with Crippen molar-refractivity contribution in [2.75, 3.05) is 0 Å². The Morgan fingerprint density at radius 1 is 1.23 bits per heavy atom. The first-order valence-corrected chi connectivity index (χ1v) is 4.77. The summed E-state index contributed by atoms with van der Waals surface area (Å²) >= 11 is 0. The van der Waals surface area contributed by atoms with Crippen LogP contribution in [-0.2, 0) is 0 Å². The summed E-state index contributed by atoms with van der Waals surface area (Å²) in [6.07, 6.45) is 1.08. The Kier molecular flexibility index (Phi) is 3.69. The minimum Gasteiger partial charge on any atom is -0.258 e. The van der Waals surface area contributed by atoms with Gasteiger partial charge in [0, 0.05) is 5.71 Å². The summed E-state index contributed by atoms with van der Waals surface area (Å²) in [5.74, 6) is 0.687. The van der Waals surface area contributed by atoms with E-state index in [0.717, 1.165) is 12.1 Å². The molecule has 0 aliphatic rings. The molecule has 0 atom stereocenters. The van der Waals surface area contributed by atoms with E-state index in [1.807, 2.05) is 30.3 Å². The predicted molar refractivity (Wildman–Crippen MR) is 58.7 cm³/mol. The molecule has 1 aromatic carbocycles. The summed E-state index contributed by atoms with van der Waals surface area (Å²) in [5, 5.41) is 0. The second kappa shape index (κ2) is 4.80. The van der Waals surface area contributed by atoms with Gasteiger partial charge in [0.1, 0.15) is 0 Å². The quantitative estimate of drug-likeness (QED) is 0.619. The van der Waals surface area contributed by atoms with Crippen LogP contribution in [0.15, 0.2) is 35.3 Å². The summed E-state index contributed by atoms with van der Waals surface area (Å²) in [6.45, 7) is 6.51. The monoisotopic (exact) mass is 175 g/mol. The van der Waals surface area contributed by atoms with E-state index in [9.17, 15) is 0 Å². The van der Waals surface area contributed by atoms with Crippen LogP contribution in [0.2, 0.25) is 0 Å². The smallest absolute Gasteiger partial charge is 0.0628 e. The number of hydrogen-bond acceptors (Lipinski definition) is 1. The average Bonchev–Trinajstić information content (AvgIpc) is 2.04. The van der Waals surface area contributed by atoms with Crippen molar-refractivity contribution in [2.24, 2.45) is 10.9 Å². The van der Waals surface area contributed by atoms with Gasteiger partial charge in [-0.3, -0.25) is 4.99 Å². The standard InChI is InChI=1S/C12H17N/c1-10(2)9-11(3)13-12-7-5-4-6-8-12/h4-8,10H,9H2,1-3H3. The van der Waals surface area contributed by atoms with Crippen molar-refractivity contribution < 1.29 is 0 Å². The summed E-state index contributed by atoms with van der Waals surface area (Å²) < 4.78 is 0. The third-order valence-corrected chi connectivity index (χ3v) is 1.78. The highest BCUT2D eigenvalue weighted by molar-refractivity contribution is 5.84. The minimum atomic E-state index is 0.687. The van der Waals surface area contributed by atoms with Gasteiger partial charge in [-0.25, -0.2) is 0 Å². The molecule has 0 aliphatic carbocycles. The molecule has 0 fully saturated rings. The molecule has 1 nitrogen and oxygen atoms in total. The maximum atomic E-state index is 4.52. The van der Waals surface area contributed by atoms with E-state index in [1.165, 1.54) is 5.71 Å². The number of aliphatic imine (C=N–C) groups is 1. The van der Waals surface area contributed by atoms with Crippen LogP contribution in [0.5, 0.6) is 0 Å². The Bertz CT molecular complexity index is 272. The second-order valence-corrected chi connectivity index (χ2v) is 3.78. The molecular formula is C12H17N. The summed E-state index contributed by atoms with van der Waals surface area (Å²) in [6, 6.07) is 10.1. The zero-order valence-corrected chi connectivity index (χ0v) is 8.62. The normalized spacial score (nSPS) is 12.2. The lowest BCUT2D eigenvalue weighted by molar-refractivity contribution is 0.682. The van der Waals surface area contributed by atoms with Crippen molar-refractivity contribution in [1.82, 2.24) is 0 Å². The number of benzene rings is 1. The lowest BCUT2D eigenvalue weighted by atomic mass is 10.1. The molecule has 0 radical (unpaired) electrons. The third kappa shape index (κ3) is 3.88. The molecule has 0 unspecified atom stereocenters. The van der Waals surface area contributed by atoms with E-state index in [2.05, 4.69) is 25.8 Å². The summed E-state index contributed by atoms with van der Waals surface area (Å²) in [7, 11) is 0. The van der Waals surface area contributed by atoms with Gasteiger partial charge in [-0.2, -0.15) is 0 Å². The molecule has 13 heavy (non-hydrogen) atoms. The van der Waals surface area contributed by atoms with Crippen LogP contribution in [-0.4, -0.2) is 5.71 Å². The van der Waals surface area contributed by atoms with Gasteiger partial charge in [0.15, 0.2) is 0 Å². The summed E-state index contributed by atoms with van der Waals surface area (Å²) in [4.78, 5) is 4.52. The molecule has 1 aromatic rings. The lowest BCUT2D eigenvalue weighted by Crippen LogP contribution is -1.96. The highest BCUT2D eigenvalue weighted by atomic mass is 14.7. The van der Waals surface area contributed by atoms with E-state index < -0.39 is 0 Å². The van der Waals surface area contributed by atoms with E-state index in [0.29, 0.717) is 5.92 Å². The molecule has 0 spiro atoms. The fraction of sp³-hybridized carbons (Fsp3) is 0.417. The molecule has 0 aromatic heterocycles. The Hall–Kier alpha value is -1.11. The molecule has 0 amide bonds. The van der Waals surface area contributed by atoms with E-state index in [4.69, 9.17) is 0 Å². The van der Waals surface area contributed by atoms with Crippen LogP contribution in [0, 0.1) is 5.92 Å². The second-order valence-electron chi connectivity index (χ2n) is 3.78. The first kappa shape index (κ1) is 9.97. The molecule has 0 saturated carbocycles. The first-order chi connectivity index (χ1) is 6.18. The zero-order valence-electron chi connectivity index (χ0n) is 8.62. The molecule has 1 rings (SSSR count). The molecule has 70 valence electrons. The van der Waals surface area contributed by atoms with Crippen LogP contribution >= 0.6 is 0 Å². The van der Waals surface area contributed by atoms with Crippen molar-refractivity contribution in [3.05, 3.63) is 30.3 Å². The van der Waals surface area contributed by atoms with E-state index in [-0.39, 0.29) is 0 Å². The van der Waals surface area contributed by atoms with Gasteiger partial charge in [-0.05, 0) is 31.4 Å². The van der Waals surface area contributed by atoms with Gasteiger partial charge in [-0.1, -0.05) is 32.0 Å². The largest absolute Gasteiger partial charge is 0.258 e. The molecular weight excluding hydrogens is 158 g/mol. The van der Waals surface area contributed by atoms with Crippen molar-refractivity contribution >= 4 is 11.4 Å². The zero-order chi connectivity index (χ0) is 9.68. The molecule has 1 heteroatoms. The Balaban J connectivity index is 2.66. The van der Waals surface area contributed by atoms with Crippen molar-refractivity contribution in [3.63, 3.8) is 0 Å². The van der Waals surface area contributed by atoms with Crippen molar-refractivity contribution in [1.29, 1.82) is 0 Å². The third-order valence-electron chi connectivity index (χ3n) is 1.78. The van der Waals surface area contributed by atoms with Crippen LogP contribution < -0.4 is 0 Å². The lowest BCUT2D eigenvalue weighted by Gasteiger charge is -2.03. The molecule has 0 aliphatic heterocycles. The van der Waals surface area contributed by atoms with Crippen molar-refractivity contribution in [2.45, 2.75) is 27.2 Å². The molecule has 0 saturated heterocycles. The van der Waals surface area contributed by atoms with Gasteiger partial charge >= 0.3 is 0 Å². The van der Waals surface area contributed by atoms with Crippen LogP contribution in [0.25, 0.3) is 0 Å². The number of hydrogen-bond donors (Lipinski definition) is 0. The van der Waals surface area contributed by atoms with Crippen LogP contribution in [0.3, 0.4) is 0 Å². The highest BCUT2D eigenvalue weighted by Crippen LogP contribution is 2.12. The predicted octanol–water partition coefficient (Wildman–Crippen LogP) is 3.83. The fourth-order valence-corrected chi connectivity index (χ4v) is 1.36. The van der Waals surface area contributed by atoms with Gasteiger partial charge in [0.05, 0.1) is 5.69 Å². The van der Waals surface area contributed by atoms with E-state index >= 15 is 0 Å². The summed E-state index contributed by atoms with van der Waals surface area (Å²) in [5.41, 5.74) is 2.27. The Morgan fingerprint density at radius 2 is 1.85 bits per heavy atom. The minimum absolute atomic E-state index is 0.687. The average molecular weight is 175 g/mol. The van der Waals surface area contributed by atoms with Crippen molar-refractivity contribution in [3.8, 4) is 0 Å². The van der Waals surface area contributed by atoms with E-state index in [1.54, 1.807) is 0 Å². The molecule has 0 N–H and O–H groups in total. The van der Waals surface area contributed by atoms with Gasteiger partial charge in [0.25, 0.3) is 0 Å². The number of para-hydroxylation sites is 1. The Labute approximate surface area is 80.5 Å². The topological polar surface area (TPSA) is 12.4 Å². The SMILES string of the molecule is CC(CC(C)C)=Nc1ccccc1. The van der Waals surface area contributed by atoms with Gasteiger partial charge in [-0.15, -0.1) is 0 Å².